The van der Waals surface area contributed by atoms with Crippen molar-refractivity contribution in [2.45, 2.75) is 39.7 Å². The van der Waals surface area contributed by atoms with Gasteiger partial charge in [0.25, 0.3) is 0 Å². The van der Waals surface area contributed by atoms with Gasteiger partial charge < -0.3 is 4.74 Å². The number of aryl methyl sites for hydroxylation is 1. The molecule has 1 aliphatic heterocycles. The lowest BCUT2D eigenvalue weighted by Crippen LogP contribution is -2.33. The van der Waals surface area contributed by atoms with Crippen LogP contribution in [0.5, 0.6) is 0 Å². The molecule has 0 aliphatic carbocycles. The SMILES string of the molecule is Cc1ccccc1C(=O)[C@@H]1CCO[C@@H](C(C)C)C1. The van der Waals surface area contributed by atoms with Gasteiger partial charge in [-0.15, -0.1) is 0 Å². The number of hydrogen-bond donors (Lipinski definition) is 0. The Morgan fingerprint density at radius 1 is 1.33 bits per heavy atom. The van der Waals surface area contributed by atoms with Gasteiger partial charge in [-0.3, -0.25) is 4.79 Å². The lowest BCUT2D eigenvalue weighted by molar-refractivity contribution is -0.0291. The van der Waals surface area contributed by atoms with E-state index in [0.29, 0.717) is 18.3 Å². The van der Waals surface area contributed by atoms with Crippen molar-refractivity contribution in [3.05, 3.63) is 35.4 Å². The summed E-state index contributed by atoms with van der Waals surface area (Å²) in [5, 5.41) is 0. The zero-order chi connectivity index (χ0) is 13.1. The summed E-state index contributed by atoms with van der Waals surface area (Å²) < 4.78 is 5.73. The van der Waals surface area contributed by atoms with Gasteiger partial charge in [0, 0.05) is 18.1 Å². The minimum Gasteiger partial charge on any atom is -0.378 e. The Hall–Kier alpha value is -1.15. The van der Waals surface area contributed by atoms with Crippen LogP contribution < -0.4 is 0 Å². The molecule has 2 heteroatoms. The Morgan fingerprint density at radius 2 is 2.06 bits per heavy atom. The number of rotatable bonds is 3. The molecule has 2 nitrogen and oxygen atoms in total. The first-order chi connectivity index (χ1) is 8.59. The molecule has 0 amide bonds. The Balaban J connectivity index is 2.12. The monoisotopic (exact) mass is 246 g/mol. The fraction of sp³-hybridized carbons (Fsp3) is 0.562. The van der Waals surface area contributed by atoms with Crippen molar-refractivity contribution >= 4 is 5.78 Å². The minimum absolute atomic E-state index is 0.132. The largest absolute Gasteiger partial charge is 0.378 e. The van der Waals surface area contributed by atoms with Gasteiger partial charge in [0.1, 0.15) is 0 Å². The molecule has 98 valence electrons. The summed E-state index contributed by atoms with van der Waals surface area (Å²) in [6, 6.07) is 7.87. The molecule has 1 aromatic carbocycles. The number of benzene rings is 1. The molecule has 0 radical (unpaired) electrons. The Morgan fingerprint density at radius 3 is 2.72 bits per heavy atom. The van der Waals surface area contributed by atoms with E-state index in [2.05, 4.69) is 13.8 Å². The molecule has 1 aliphatic rings. The number of carbonyl (C=O) groups excluding carboxylic acids is 1. The third kappa shape index (κ3) is 2.81. The van der Waals surface area contributed by atoms with Gasteiger partial charge in [0.15, 0.2) is 5.78 Å². The third-order valence-electron chi connectivity index (χ3n) is 3.84. The number of Topliss-reactive ketones (excluding diaryl/α,β-unsaturated/α-hetero) is 1. The maximum atomic E-state index is 12.5. The third-order valence-corrected chi connectivity index (χ3v) is 3.84. The van der Waals surface area contributed by atoms with E-state index in [1.165, 1.54) is 0 Å². The molecule has 1 saturated heterocycles. The zero-order valence-electron chi connectivity index (χ0n) is 11.5. The molecule has 0 unspecified atom stereocenters. The predicted octanol–water partition coefficient (Wildman–Crippen LogP) is 3.63. The van der Waals surface area contributed by atoms with Gasteiger partial charge in [0.05, 0.1) is 6.10 Å². The fourth-order valence-electron chi connectivity index (χ4n) is 2.60. The van der Waals surface area contributed by atoms with E-state index in [4.69, 9.17) is 4.74 Å². The highest BCUT2D eigenvalue weighted by Gasteiger charge is 2.30. The van der Waals surface area contributed by atoms with Crippen LogP contribution in [0.15, 0.2) is 24.3 Å². The normalized spacial score (nSPS) is 24.2. The van der Waals surface area contributed by atoms with Crippen LogP contribution in [0.25, 0.3) is 0 Å². The second-order valence-corrected chi connectivity index (χ2v) is 5.55. The van der Waals surface area contributed by atoms with Crippen molar-refractivity contribution in [1.82, 2.24) is 0 Å². The Labute approximate surface area is 109 Å². The molecule has 1 aromatic rings. The lowest BCUT2D eigenvalue weighted by atomic mass is 9.84. The van der Waals surface area contributed by atoms with Crippen LogP contribution >= 0.6 is 0 Å². The number of ketones is 1. The van der Waals surface area contributed by atoms with E-state index in [1.807, 2.05) is 31.2 Å². The summed E-state index contributed by atoms with van der Waals surface area (Å²) in [6.45, 7) is 7.04. The molecule has 2 rings (SSSR count). The van der Waals surface area contributed by atoms with Crippen molar-refractivity contribution in [3.8, 4) is 0 Å². The molecule has 0 bridgehead atoms. The topological polar surface area (TPSA) is 26.3 Å². The fourth-order valence-corrected chi connectivity index (χ4v) is 2.60. The second kappa shape index (κ2) is 5.66. The molecule has 18 heavy (non-hydrogen) atoms. The molecule has 1 fully saturated rings. The summed E-state index contributed by atoms with van der Waals surface area (Å²) >= 11 is 0. The van der Waals surface area contributed by atoms with E-state index in [-0.39, 0.29) is 12.0 Å². The highest BCUT2D eigenvalue weighted by molar-refractivity contribution is 5.99. The van der Waals surface area contributed by atoms with E-state index < -0.39 is 0 Å². The van der Waals surface area contributed by atoms with Crippen LogP contribution in [0.4, 0.5) is 0 Å². The van der Waals surface area contributed by atoms with Crippen molar-refractivity contribution in [1.29, 1.82) is 0 Å². The van der Waals surface area contributed by atoms with Crippen LogP contribution in [0.3, 0.4) is 0 Å². The number of carbonyl (C=O) groups is 1. The molecular weight excluding hydrogens is 224 g/mol. The van der Waals surface area contributed by atoms with E-state index >= 15 is 0 Å². The molecule has 0 aromatic heterocycles. The number of ether oxygens (including phenoxy) is 1. The molecule has 0 saturated carbocycles. The van der Waals surface area contributed by atoms with Gasteiger partial charge in [-0.1, -0.05) is 38.1 Å². The molecular formula is C16H22O2. The van der Waals surface area contributed by atoms with Crippen molar-refractivity contribution < 1.29 is 9.53 Å². The van der Waals surface area contributed by atoms with Crippen LogP contribution in [-0.4, -0.2) is 18.5 Å². The summed E-state index contributed by atoms with van der Waals surface area (Å²) in [6.07, 6.45) is 1.96. The highest BCUT2D eigenvalue weighted by atomic mass is 16.5. The van der Waals surface area contributed by atoms with Crippen LogP contribution in [0.1, 0.15) is 42.6 Å². The smallest absolute Gasteiger partial charge is 0.166 e. The molecule has 0 spiro atoms. The quantitative estimate of drug-likeness (QED) is 0.761. The Bertz CT molecular complexity index is 423. The lowest BCUT2D eigenvalue weighted by Gasteiger charge is -2.31. The predicted molar refractivity (Wildman–Crippen MR) is 72.8 cm³/mol. The van der Waals surface area contributed by atoms with Crippen molar-refractivity contribution in [3.63, 3.8) is 0 Å². The standard InChI is InChI=1S/C16H22O2/c1-11(2)15-10-13(8-9-18-15)16(17)14-7-5-4-6-12(14)3/h4-7,11,13,15H,8-10H2,1-3H3/t13-,15-/m1/s1. The number of hydrogen-bond acceptors (Lipinski definition) is 2. The highest BCUT2D eigenvalue weighted by Crippen LogP contribution is 2.28. The summed E-state index contributed by atoms with van der Waals surface area (Å²) in [7, 11) is 0. The van der Waals surface area contributed by atoms with E-state index in [9.17, 15) is 4.79 Å². The second-order valence-electron chi connectivity index (χ2n) is 5.55. The summed E-state index contributed by atoms with van der Waals surface area (Å²) in [5.41, 5.74) is 1.96. The van der Waals surface area contributed by atoms with Crippen LogP contribution in [-0.2, 0) is 4.74 Å². The van der Waals surface area contributed by atoms with Crippen molar-refractivity contribution in [2.24, 2.45) is 11.8 Å². The first kappa shape index (κ1) is 13.3. The van der Waals surface area contributed by atoms with Crippen molar-refractivity contribution in [2.75, 3.05) is 6.61 Å². The molecule has 1 heterocycles. The average molecular weight is 246 g/mol. The van der Waals surface area contributed by atoms with Crippen LogP contribution in [0, 0.1) is 18.8 Å². The first-order valence-electron chi connectivity index (χ1n) is 6.81. The molecule has 2 atom stereocenters. The van der Waals surface area contributed by atoms with Gasteiger partial charge in [-0.25, -0.2) is 0 Å². The van der Waals surface area contributed by atoms with Gasteiger partial charge in [0.2, 0.25) is 0 Å². The minimum atomic E-state index is 0.132. The van der Waals surface area contributed by atoms with E-state index in [0.717, 1.165) is 24.0 Å². The summed E-state index contributed by atoms with van der Waals surface area (Å²) in [4.78, 5) is 12.5. The maximum Gasteiger partial charge on any atom is 0.166 e. The van der Waals surface area contributed by atoms with Gasteiger partial charge >= 0.3 is 0 Å². The Kier molecular flexibility index (Phi) is 4.18. The maximum absolute atomic E-state index is 12.5. The van der Waals surface area contributed by atoms with Gasteiger partial charge in [-0.2, -0.15) is 0 Å². The summed E-state index contributed by atoms with van der Waals surface area (Å²) in [5.74, 6) is 0.909. The van der Waals surface area contributed by atoms with E-state index in [1.54, 1.807) is 0 Å². The first-order valence-corrected chi connectivity index (χ1v) is 6.81. The van der Waals surface area contributed by atoms with Gasteiger partial charge in [-0.05, 0) is 31.2 Å². The average Bonchev–Trinajstić information content (AvgIpc) is 2.38. The van der Waals surface area contributed by atoms with Crippen LogP contribution in [0.2, 0.25) is 0 Å². The zero-order valence-corrected chi connectivity index (χ0v) is 11.5. The molecule has 0 N–H and O–H groups in total.